The monoisotopic (exact) mass is 242 g/mol. The Labute approximate surface area is 106 Å². The molecule has 0 saturated carbocycles. The Morgan fingerprint density at radius 1 is 1.06 bits per heavy atom. The van der Waals surface area contributed by atoms with Gasteiger partial charge in [-0.05, 0) is 24.6 Å². The van der Waals surface area contributed by atoms with Crippen LogP contribution in [0.25, 0.3) is 0 Å². The minimum Gasteiger partial charge on any atom is -0.485 e. The van der Waals surface area contributed by atoms with Crippen molar-refractivity contribution in [2.75, 3.05) is 0 Å². The fourth-order valence-corrected chi connectivity index (χ4v) is 1.73. The first-order valence-electron chi connectivity index (χ1n) is 5.72. The van der Waals surface area contributed by atoms with E-state index >= 15 is 0 Å². The van der Waals surface area contributed by atoms with Crippen molar-refractivity contribution in [2.45, 2.75) is 13.0 Å². The van der Waals surface area contributed by atoms with Gasteiger partial charge in [0.1, 0.15) is 17.4 Å². The first kappa shape index (κ1) is 12.2. The van der Waals surface area contributed by atoms with Crippen LogP contribution < -0.4 is 4.74 Å². The van der Waals surface area contributed by atoms with Crippen LogP contribution in [0.15, 0.2) is 54.6 Å². The molecular weight excluding hydrogens is 228 g/mol. The van der Waals surface area contributed by atoms with Crippen molar-refractivity contribution < 1.29 is 14.6 Å². The molecule has 2 rings (SSSR count). The maximum atomic E-state index is 11.1. The van der Waals surface area contributed by atoms with E-state index < -0.39 is 5.97 Å². The summed E-state index contributed by atoms with van der Waals surface area (Å²) >= 11 is 0. The molecule has 0 aliphatic carbocycles. The molecule has 0 spiro atoms. The van der Waals surface area contributed by atoms with Gasteiger partial charge in [0, 0.05) is 0 Å². The van der Waals surface area contributed by atoms with Crippen molar-refractivity contribution in [1.29, 1.82) is 0 Å². The molecule has 0 fully saturated rings. The SMILES string of the molecule is CC(Oc1ccccc1C(=O)O)c1ccccc1. The topological polar surface area (TPSA) is 46.5 Å². The number of benzene rings is 2. The second-order valence-electron chi connectivity index (χ2n) is 3.97. The van der Waals surface area contributed by atoms with Gasteiger partial charge in [-0.25, -0.2) is 4.79 Å². The Morgan fingerprint density at radius 3 is 2.33 bits per heavy atom. The van der Waals surface area contributed by atoms with Crippen LogP contribution in [0.4, 0.5) is 0 Å². The first-order valence-corrected chi connectivity index (χ1v) is 5.72. The molecule has 3 heteroatoms. The predicted octanol–water partition coefficient (Wildman–Crippen LogP) is 3.52. The van der Waals surface area contributed by atoms with Crippen molar-refractivity contribution in [2.24, 2.45) is 0 Å². The summed E-state index contributed by atoms with van der Waals surface area (Å²) in [5, 5.41) is 9.07. The number of aromatic carboxylic acids is 1. The van der Waals surface area contributed by atoms with E-state index in [9.17, 15) is 4.79 Å². The fourth-order valence-electron chi connectivity index (χ4n) is 1.73. The van der Waals surface area contributed by atoms with Crippen molar-refractivity contribution in [3.8, 4) is 5.75 Å². The molecule has 0 amide bonds. The number of ether oxygens (including phenoxy) is 1. The zero-order chi connectivity index (χ0) is 13.0. The highest BCUT2D eigenvalue weighted by molar-refractivity contribution is 5.90. The number of carboxylic acid groups (broad SMARTS) is 1. The Bertz CT molecular complexity index is 534. The van der Waals surface area contributed by atoms with Gasteiger partial charge < -0.3 is 9.84 Å². The summed E-state index contributed by atoms with van der Waals surface area (Å²) in [6, 6.07) is 16.3. The molecule has 0 heterocycles. The number of carbonyl (C=O) groups is 1. The van der Waals surface area contributed by atoms with Crippen LogP contribution >= 0.6 is 0 Å². The van der Waals surface area contributed by atoms with Gasteiger partial charge in [0.15, 0.2) is 0 Å². The first-order chi connectivity index (χ1) is 8.68. The summed E-state index contributed by atoms with van der Waals surface area (Å²) in [7, 11) is 0. The third kappa shape index (κ3) is 2.69. The molecule has 18 heavy (non-hydrogen) atoms. The average molecular weight is 242 g/mol. The maximum Gasteiger partial charge on any atom is 0.339 e. The lowest BCUT2D eigenvalue weighted by molar-refractivity contribution is 0.0689. The van der Waals surface area contributed by atoms with Crippen LogP contribution in [-0.2, 0) is 0 Å². The van der Waals surface area contributed by atoms with E-state index in [1.54, 1.807) is 18.2 Å². The largest absolute Gasteiger partial charge is 0.485 e. The van der Waals surface area contributed by atoms with Gasteiger partial charge in [-0.3, -0.25) is 0 Å². The lowest BCUT2D eigenvalue weighted by Gasteiger charge is -2.16. The Balaban J connectivity index is 2.22. The van der Waals surface area contributed by atoms with E-state index in [0.29, 0.717) is 5.75 Å². The zero-order valence-corrected chi connectivity index (χ0v) is 10.0. The lowest BCUT2D eigenvalue weighted by Crippen LogP contribution is -2.07. The maximum absolute atomic E-state index is 11.1. The minimum absolute atomic E-state index is 0.181. The van der Waals surface area contributed by atoms with Gasteiger partial charge in [0.25, 0.3) is 0 Å². The summed E-state index contributed by atoms with van der Waals surface area (Å²) in [5.74, 6) is -0.591. The second kappa shape index (κ2) is 5.36. The average Bonchev–Trinajstić information content (AvgIpc) is 2.40. The van der Waals surface area contributed by atoms with E-state index in [1.807, 2.05) is 37.3 Å². The van der Waals surface area contributed by atoms with Gasteiger partial charge >= 0.3 is 5.97 Å². The zero-order valence-electron chi connectivity index (χ0n) is 10.0. The molecule has 0 saturated heterocycles. The minimum atomic E-state index is -0.981. The molecule has 2 aromatic rings. The highest BCUT2D eigenvalue weighted by atomic mass is 16.5. The summed E-state index contributed by atoms with van der Waals surface area (Å²) in [5.41, 5.74) is 1.19. The molecule has 3 nitrogen and oxygen atoms in total. The normalized spacial score (nSPS) is 11.8. The molecule has 1 unspecified atom stereocenters. The summed E-state index contributed by atoms with van der Waals surface area (Å²) in [6.07, 6.45) is -0.188. The van der Waals surface area contributed by atoms with Crippen LogP contribution in [0.5, 0.6) is 5.75 Å². The number of rotatable bonds is 4. The van der Waals surface area contributed by atoms with Crippen LogP contribution in [0.3, 0.4) is 0 Å². The van der Waals surface area contributed by atoms with Gasteiger partial charge in [0.05, 0.1) is 0 Å². The molecular formula is C15H14O3. The third-order valence-electron chi connectivity index (χ3n) is 2.69. The number of carboxylic acids is 1. The molecule has 0 radical (unpaired) electrons. The summed E-state index contributed by atoms with van der Waals surface area (Å²) in [6.45, 7) is 1.90. The van der Waals surface area contributed by atoms with Crippen molar-refractivity contribution in [3.63, 3.8) is 0 Å². The highest BCUT2D eigenvalue weighted by Gasteiger charge is 2.13. The highest BCUT2D eigenvalue weighted by Crippen LogP contribution is 2.24. The molecule has 0 aromatic heterocycles. The fraction of sp³-hybridized carbons (Fsp3) is 0.133. The predicted molar refractivity (Wildman–Crippen MR) is 68.9 cm³/mol. The molecule has 1 N–H and O–H groups in total. The van der Waals surface area contributed by atoms with E-state index in [2.05, 4.69) is 0 Å². The number of hydrogen-bond acceptors (Lipinski definition) is 2. The van der Waals surface area contributed by atoms with Crippen molar-refractivity contribution in [1.82, 2.24) is 0 Å². The standard InChI is InChI=1S/C15H14O3/c1-11(12-7-3-2-4-8-12)18-14-10-6-5-9-13(14)15(16)17/h2-11H,1H3,(H,16,17). The Hall–Kier alpha value is -2.29. The second-order valence-corrected chi connectivity index (χ2v) is 3.97. The Kier molecular flexibility index (Phi) is 3.63. The Morgan fingerprint density at radius 2 is 1.67 bits per heavy atom. The van der Waals surface area contributed by atoms with E-state index in [0.717, 1.165) is 5.56 Å². The smallest absolute Gasteiger partial charge is 0.339 e. The van der Waals surface area contributed by atoms with Crippen LogP contribution in [-0.4, -0.2) is 11.1 Å². The van der Waals surface area contributed by atoms with Crippen LogP contribution in [0, 0.1) is 0 Å². The lowest BCUT2D eigenvalue weighted by atomic mass is 10.1. The molecule has 2 aromatic carbocycles. The van der Waals surface area contributed by atoms with Gasteiger partial charge in [-0.1, -0.05) is 42.5 Å². The van der Waals surface area contributed by atoms with Crippen molar-refractivity contribution in [3.05, 3.63) is 65.7 Å². The van der Waals surface area contributed by atoms with Gasteiger partial charge in [-0.15, -0.1) is 0 Å². The van der Waals surface area contributed by atoms with Gasteiger partial charge in [-0.2, -0.15) is 0 Å². The van der Waals surface area contributed by atoms with Crippen LogP contribution in [0.1, 0.15) is 28.9 Å². The molecule has 0 bridgehead atoms. The molecule has 92 valence electrons. The summed E-state index contributed by atoms with van der Waals surface area (Å²) in [4.78, 5) is 11.1. The molecule has 1 atom stereocenters. The van der Waals surface area contributed by atoms with Crippen molar-refractivity contribution >= 4 is 5.97 Å². The quantitative estimate of drug-likeness (QED) is 0.892. The third-order valence-corrected chi connectivity index (χ3v) is 2.69. The van der Waals surface area contributed by atoms with E-state index in [1.165, 1.54) is 6.07 Å². The van der Waals surface area contributed by atoms with Gasteiger partial charge in [0.2, 0.25) is 0 Å². The molecule has 0 aliphatic rings. The number of para-hydroxylation sites is 1. The van der Waals surface area contributed by atoms with E-state index in [4.69, 9.17) is 9.84 Å². The number of hydrogen-bond donors (Lipinski definition) is 1. The van der Waals surface area contributed by atoms with Crippen LogP contribution in [0.2, 0.25) is 0 Å². The van der Waals surface area contributed by atoms with E-state index in [-0.39, 0.29) is 11.7 Å². The molecule has 0 aliphatic heterocycles. The summed E-state index contributed by atoms with van der Waals surface area (Å²) < 4.78 is 5.71.